The Morgan fingerprint density at radius 1 is 0.944 bits per heavy atom. The van der Waals surface area contributed by atoms with Crippen molar-refractivity contribution in [3.05, 3.63) is 53.6 Å². The van der Waals surface area contributed by atoms with Gasteiger partial charge in [0.05, 0.1) is 18.9 Å². The van der Waals surface area contributed by atoms with Gasteiger partial charge >= 0.3 is 0 Å². The summed E-state index contributed by atoms with van der Waals surface area (Å²) in [5.41, 5.74) is 4.38. The van der Waals surface area contributed by atoms with Crippen LogP contribution in [-0.4, -0.2) is 12.8 Å². The SMILES string of the molecule is [B]Cc1cccc2cc3cccc(CBr)c3nc12. The van der Waals surface area contributed by atoms with Crippen LogP contribution >= 0.6 is 15.9 Å². The average molecular weight is 296 g/mol. The Balaban J connectivity index is 2.44. The fourth-order valence-electron chi connectivity index (χ4n) is 2.28. The molecular formula is C15H11BBrN. The van der Waals surface area contributed by atoms with Crippen LogP contribution in [0.2, 0.25) is 0 Å². The summed E-state index contributed by atoms with van der Waals surface area (Å²) >= 11 is 3.51. The van der Waals surface area contributed by atoms with Gasteiger partial charge in [0.1, 0.15) is 0 Å². The number of pyridine rings is 1. The molecule has 1 heterocycles. The predicted octanol–water partition coefficient (Wildman–Crippen LogP) is 3.95. The first kappa shape index (κ1) is 11.7. The maximum Gasteiger partial charge on any atom is 0.0750 e. The number of alkyl halides is 1. The van der Waals surface area contributed by atoms with Gasteiger partial charge < -0.3 is 0 Å². The lowest BCUT2D eigenvalue weighted by molar-refractivity contribution is 1.35. The second-order valence-corrected chi connectivity index (χ2v) is 4.86. The van der Waals surface area contributed by atoms with Crippen LogP contribution in [0.1, 0.15) is 11.1 Å². The highest BCUT2D eigenvalue weighted by atomic mass is 79.9. The molecule has 0 spiro atoms. The molecule has 3 heteroatoms. The second kappa shape index (κ2) is 4.73. The summed E-state index contributed by atoms with van der Waals surface area (Å²) in [6.45, 7) is 0. The van der Waals surface area contributed by atoms with Gasteiger partial charge in [-0.3, -0.25) is 0 Å². The molecule has 0 aliphatic heterocycles. The Bertz CT molecular complexity index is 665. The minimum atomic E-state index is 0.520. The highest BCUT2D eigenvalue weighted by Gasteiger charge is 2.06. The van der Waals surface area contributed by atoms with Crippen molar-refractivity contribution in [1.29, 1.82) is 0 Å². The van der Waals surface area contributed by atoms with Crippen molar-refractivity contribution in [2.24, 2.45) is 0 Å². The molecule has 86 valence electrons. The van der Waals surface area contributed by atoms with E-state index in [0.717, 1.165) is 27.3 Å². The van der Waals surface area contributed by atoms with E-state index in [2.05, 4.69) is 46.3 Å². The largest absolute Gasteiger partial charge is 0.247 e. The van der Waals surface area contributed by atoms with Crippen LogP contribution in [0, 0.1) is 0 Å². The summed E-state index contributed by atoms with van der Waals surface area (Å²) in [4.78, 5) is 4.81. The lowest BCUT2D eigenvalue weighted by atomic mass is 9.94. The summed E-state index contributed by atoms with van der Waals surface area (Å²) < 4.78 is 0. The Morgan fingerprint density at radius 2 is 1.56 bits per heavy atom. The van der Waals surface area contributed by atoms with E-state index in [1.165, 1.54) is 10.9 Å². The monoisotopic (exact) mass is 295 g/mol. The van der Waals surface area contributed by atoms with E-state index in [-0.39, 0.29) is 0 Å². The first-order valence-corrected chi connectivity index (χ1v) is 7.02. The lowest BCUT2D eigenvalue weighted by Crippen LogP contribution is -1.92. The van der Waals surface area contributed by atoms with Gasteiger partial charge in [0.2, 0.25) is 0 Å². The van der Waals surface area contributed by atoms with Gasteiger partial charge in [-0.2, -0.15) is 0 Å². The normalized spacial score (nSPS) is 11.2. The van der Waals surface area contributed by atoms with Gasteiger partial charge in [-0.1, -0.05) is 58.6 Å². The minimum absolute atomic E-state index is 0.520. The fourth-order valence-corrected chi connectivity index (χ4v) is 2.73. The summed E-state index contributed by atoms with van der Waals surface area (Å²) in [7, 11) is 5.78. The van der Waals surface area contributed by atoms with Crippen LogP contribution in [0.3, 0.4) is 0 Å². The fraction of sp³-hybridized carbons (Fsp3) is 0.133. The molecular weight excluding hydrogens is 285 g/mol. The number of hydrogen-bond donors (Lipinski definition) is 0. The van der Waals surface area contributed by atoms with E-state index in [1.54, 1.807) is 0 Å². The summed E-state index contributed by atoms with van der Waals surface area (Å²) in [6.07, 6.45) is 0.520. The number of nitrogens with zero attached hydrogens (tertiary/aromatic N) is 1. The molecule has 0 aliphatic rings. The maximum absolute atomic E-state index is 5.78. The molecule has 1 aromatic heterocycles. The van der Waals surface area contributed by atoms with E-state index in [4.69, 9.17) is 12.8 Å². The smallest absolute Gasteiger partial charge is 0.0750 e. The van der Waals surface area contributed by atoms with Crippen LogP contribution in [-0.2, 0) is 11.7 Å². The lowest BCUT2D eigenvalue weighted by Gasteiger charge is -2.08. The second-order valence-electron chi connectivity index (χ2n) is 4.30. The number of para-hydroxylation sites is 2. The molecule has 0 saturated carbocycles. The molecule has 18 heavy (non-hydrogen) atoms. The average Bonchev–Trinajstić information content (AvgIpc) is 2.43. The molecule has 0 saturated heterocycles. The number of fused-ring (bicyclic) bond motifs is 2. The van der Waals surface area contributed by atoms with E-state index in [1.807, 2.05) is 12.1 Å². The van der Waals surface area contributed by atoms with Gasteiger partial charge in [-0.25, -0.2) is 4.98 Å². The first-order valence-electron chi connectivity index (χ1n) is 5.90. The molecule has 0 bridgehead atoms. The molecule has 3 aromatic rings. The molecule has 2 aromatic carbocycles. The van der Waals surface area contributed by atoms with Crippen LogP contribution in [0.15, 0.2) is 42.5 Å². The van der Waals surface area contributed by atoms with Gasteiger partial charge in [-0.05, 0) is 17.2 Å². The Morgan fingerprint density at radius 3 is 2.17 bits per heavy atom. The van der Waals surface area contributed by atoms with Crippen LogP contribution in [0.25, 0.3) is 21.8 Å². The number of rotatable bonds is 2. The number of halogens is 1. The molecule has 0 unspecified atom stereocenters. The highest BCUT2D eigenvalue weighted by molar-refractivity contribution is 9.08. The predicted molar refractivity (Wildman–Crippen MR) is 81.3 cm³/mol. The third-order valence-electron chi connectivity index (χ3n) is 3.20. The Hall–Kier alpha value is -1.35. The standard InChI is InChI=1S/C15H11BBrN/c16-8-12-5-1-3-10-7-11-4-2-6-13(9-17)15(11)18-14(10)12/h1-7H,8-9H2. The first-order chi connectivity index (χ1) is 8.83. The zero-order chi connectivity index (χ0) is 12.5. The van der Waals surface area contributed by atoms with Crippen molar-refractivity contribution < 1.29 is 0 Å². The third kappa shape index (κ3) is 1.83. The van der Waals surface area contributed by atoms with Crippen LogP contribution in [0.4, 0.5) is 0 Å². The van der Waals surface area contributed by atoms with Gasteiger partial charge in [0.15, 0.2) is 0 Å². The molecule has 0 amide bonds. The van der Waals surface area contributed by atoms with Crippen molar-refractivity contribution in [3.63, 3.8) is 0 Å². The molecule has 1 nitrogen and oxygen atoms in total. The highest BCUT2D eigenvalue weighted by Crippen LogP contribution is 2.25. The van der Waals surface area contributed by atoms with Gasteiger partial charge in [-0.15, -0.1) is 0 Å². The van der Waals surface area contributed by atoms with Gasteiger partial charge in [0, 0.05) is 16.1 Å². The van der Waals surface area contributed by atoms with Crippen molar-refractivity contribution >= 4 is 45.6 Å². The van der Waals surface area contributed by atoms with Crippen LogP contribution in [0.5, 0.6) is 0 Å². The number of aromatic nitrogens is 1. The summed E-state index contributed by atoms with van der Waals surface area (Å²) in [5.74, 6) is 0. The minimum Gasteiger partial charge on any atom is -0.247 e. The number of benzene rings is 2. The molecule has 0 atom stereocenters. The molecule has 0 aliphatic carbocycles. The topological polar surface area (TPSA) is 12.9 Å². The van der Waals surface area contributed by atoms with Crippen LogP contribution < -0.4 is 0 Å². The number of hydrogen-bond acceptors (Lipinski definition) is 1. The summed E-state index contributed by atoms with van der Waals surface area (Å²) in [5, 5.41) is 3.14. The molecule has 2 radical (unpaired) electrons. The maximum atomic E-state index is 5.78. The van der Waals surface area contributed by atoms with Crippen molar-refractivity contribution in [1.82, 2.24) is 4.98 Å². The zero-order valence-corrected chi connectivity index (χ0v) is 11.4. The van der Waals surface area contributed by atoms with E-state index in [9.17, 15) is 0 Å². The molecule has 0 N–H and O–H groups in total. The zero-order valence-electron chi connectivity index (χ0n) is 9.86. The van der Waals surface area contributed by atoms with Crippen molar-refractivity contribution in [2.75, 3.05) is 0 Å². The van der Waals surface area contributed by atoms with Crippen molar-refractivity contribution in [2.45, 2.75) is 11.7 Å². The third-order valence-corrected chi connectivity index (χ3v) is 3.80. The van der Waals surface area contributed by atoms with Gasteiger partial charge in [0.25, 0.3) is 0 Å². The quantitative estimate of drug-likeness (QED) is 0.396. The van der Waals surface area contributed by atoms with E-state index < -0.39 is 0 Å². The summed E-state index contributed by atoms with van der Waals surface area (Å²) in [6, 6.07) is 14.6. The Labute approximate surface area is 116 Å². The molecule has 0 fully saturated rings. The van der Waals surface area contributed by atoms with Crippen molar-refractivity contribution in [3.8, 4) is 0 Å². The molecule has 3 rings (SSSR count). The van der Waals surface area contributed by atoms with E-state index >= 15 is 0 Å². The Kier molecular flexibility index (Phi) is 3.08. The van der Waals surface area contributed by atoms with E-state index in [0.29, 0.717) is 6.32 Å².